The molecule has 0 bridgehead atoms. The van der Waals surface area contributed by atoms with E-state index in [0.29, 0.717) is 35.6 Å². The Morgan fingerprint density at radius 2 is 2.26 bits per heavy atom. The van der Waals surface area contributed by atoms with Crippen molar-refractivity contribution in [2.75, 3.05) is 6.54 Å². The summed E-state index contributed by atoms with van der Waals surface area (Å²) in [6, 6.07) is 7.61. The summed E-state index contributed by atoms with van der Waals surface area (Å²) < 4.78 is 5.06. The van der Waals surface area contributed by atoms with Crippen molar-refractivity contribution in [2.45, 2.75) is 38.5 Å². The summed E-state index contributed by atoms with van der Waals surface area (Å²) in [7, 11) is 0. The molecule has 122 valence electrons. The number of amides is 1. The van der Waals surface area contributed by atoms with Gasteiger partial charge >= 0.3 is 0 Å². The minimum atomic E-state index is -0.463. The molecule has 1 aliphatic rings. The van der Waals surface area contributed by atoms with Crippen LogP contribution in [0.3, 0.4) is 0 Å². The highest BCUT2D eigenvalue weighted by Gasteiger charge is 2.49. The Bertz CT molecular complexity index is 707. The molecule has 23 heavy (non-hydrogen) atoms. The molecule has 2 aromatic rings. The van der Waals surface area contributed by atoms with Gasteiger partial charge in [0, 0.05) is 18.0 Å². The first-order chi connectivity index (χ1) is 11.0. The van der Waals surface area contributed by atoms with E-state index in [9.17, 15) is 4.79 Å². The molecule has 1 N–H and O–H groups in total. The Kier molecular flexibility index (Phi) is 4.39. The van der Waals surface area contributed by atoms with Gasteiger partial charge in [-0.15, -0.1) is 0 Å². The van der Waals surface area contributed by atoms with Gasteiger partial charge < -0.3 is 9.84 Å². The van der Waals surface area contributed by atoms with Gasteiger partial charge in [-0.2, -0.15) is 4.98 Å². The fourth-order valence-electron chi connectivity index (χ4n) is 3.36. The number of hydrogen-bond donors (Lipinski definition) is 1. The lowest BCUT2D eigenvalue weighted by atomic mass is 9.58. The second-order valence-electron chi connectivity index (χ2n) is 6.35. The lowest BCUT2D eigenvalue weighted by Gasteiger charge is -2.45. The Hall–Kier alpha value is -1.88. The monoisotopic (exact) mass is 333 g/mol. The van der Waals surface area contributed by atoms with Crippen LogP contribution in [-0.4, -0.2) is 22.6 Å². The molecule has 0 saturated heterocycles. The van der Waals surface area contributed by atoms with E-state index in [1.807, 2.05) is 24.3 Å². The third kappa shape index (κ3) is 3.24. The Labute approximate surface area is 140 Å². The van der Waals surface area contributed by atoms with E-state index in [0.717, 1.165) is 18.4 Å². The summed E-state index contributed by atoms with van der Waals surface area (Å²) in [5.41, 5.74) is 0.531. The van der Waals surface area contributed by atoms with Crippen LogP contribution >= 0.6 is 11.6 Å². The Balaban J connectivity index is 1.67. The van der Waals surface area contributed by atoms with Crippen molar-refractivity contribution in [3.05, 3.63) is 46.6 Å². The van der Waals surface area contributed by atoms with Crippen LogP contribution in [0.25, 0.3) is 0 Å². The quantitative estimate of drug-likeness (QED) is 0.913. The molecule has 1 fully saturated rings. The van der Waals surface area contributed by atoms with Gasteiger partial charge in [0.15, 0.2) is 5.82 Å². The van der Waals surface area contributed by atoms with Crippen LogP contribution in [0, 0.1) is 12.8 Å². The molecule has 0 spiro atoms. The largest absolute Gasteiger partial charge is 0.355 e. The molecule has 1 amide bonds. The fraction of sp³-hybridized carbons (Fsp3) is 0.471. The van der Waals surface area contributed by atoms with E-state index in [1.54, 1.807) is 6.92 Å². The molecule has 1 aromatic heterocycles. The molecule has 1 aromatic carbocycles. The number of aryl methyl sites for hydroxylation is 1. The Morgan fingerprint density at radius 1 is 1.48 bits per heavy atom. The van der Waals surface area contributed by atoms with Crippen molar-refractivity contribution in [2.24, 2.45) is 5.92 Å². The molecule has 6 heteroatoms. The number of nitrogens with zero attached hydrogens (tertiary/aromatic N) is 2. The van der Waals surface area contributed by atoms with E-state index in [2.05, 4.69) is 22.4 Å². The third-order valence-electron chi connectivity index (χ3n) is 4.40. The number of benzene rings is 1. The van der Waals surface area contributed by atoms with Crippen LogP contribution in [-0.2, 0) is 16.6 Å². The minimum absolute atomic E-state index is 0.0501. The summed E-state index contributed by atoms with van der Waals surface area (Å²) in [6.45, 7) is 4.42. The predicted octanol–water partition coefficient (Wildman–Crippen LogP) is 3.06. The first-order valence-corrected chi connectivity index (χ1v) is 8.21. The van der Waals surface area contributed by atoms with Gasteiger partial charge in [-0.05, 0) is 43.4 Å². The maximum atomic E-state index is 12.8. The number of hydrogen-bond acceptors (Lipinski definition) is 4. The molecule has 1 saturated carbocycles. The minimum Gasteiger partial charge on any atom is -0.355 e. The van der Waals surface area contributed by atoms with Crippen LogP contribution in [0.2, 0.25) is 5.02 Å². The number of rotatable bonds is 5. The van der Waals surface area contributed by atoms with Crippen LogP contribution in [0.1, 0.15) is 37.0 Å². The summed E-state index contributed by atoms with van der Waals surface area (Å²) in [6.07, 6.45) is 2.23. The highest BCUT2D eigenvalue weighted by molar-refractivity contribution is 6.30. The number of carbonyl (C=O) groups excluding carboxylic acids is 1. The zero-order valence-electron chi connectivity index (χ0n) is 13.3. The van der Waals surface area contributed by atoms with Crippen LogP contribution in [0.15, 0.2) is 28.8 Å². The number of halogens is 1. The van der Waals surface area contributed by atoms with Crippen molar-refractivity contribution in [3.63, 3.8) is 0 Å². The van der Waals surface area contributed by atoms with Crippen LogP contribution < -0.4 is 5.32 Å². The number of carbonyl (C=O) groups is 1. The molecular formula is C17H20ClN3O2. The van der Waals surface area contributed by atoms with Crippen molar-refractivity contribution in [1.82, 2.24) is 15.5 Å². The average Bonchev–Trinajstić information content (AvgIpc) is 2.89. The van der Waals surface area contributed by atoms with E-state index in [-0.39, 0.29) is 5.91 Å². The lowest BCUT2D eigenvalue weighted by Crippen LogP contribution is -2.52. The highest BCUT2D eigenvalue weighted by Crippen LogP contribution is 2.48. The van der Waals surface area contributed by atoms with E-state index in [4.69, 9.17) is 16.1 Å². The van der Waals surface area contributed by atoms with Crippen LogP contribution in [0.5, 0.6) is 0 Å². The maximum absolute atomic E-state index is 12.8. The van der Waals surface area contributed by atoms with Gasteiger partial charge in [0.1, 0.15) is 0 Å². The fourth-order valence-corrected chi connectivity index (χ4v) is 3.55. The molecule has 0 unspecified atom stereocenters. The normalized spacial score (nSPS) is 23.3. The zero-order chi connectivity index (χ0) is 16.4. The Morgan fingerprint density at radius 3 is 2.87 bits per heavy atom. The molecule has 0 radical (unpaired) electrons. The highest BCUT2D eigenvalue weighted by atomic mass is 35.5. The molecule has 5 nitrogen and oxygen atoms in total. The van der Waals surface area contributed by atoms with Crippen molar-refractivity contribution < 1.29 is 9.32 Å². The third-order valence-corrected chi connectivity index (χ3v) is 4.63. The number of aromatic nitrogens is 2. The molecule has 1 heterocycles. The first-order valence-electron chi connectivity index (χ1n) is 7.83. The second kappa shape index (κ2) is 6.32. The van der Waals surface area contributed by atoms with Gasteiger partial charge in [0.2, 0.25) is 11.8 Å². The predicted molar refractivity (Wildman–Crippen MR) is 87.3 cm³/mol. The van der Waals surface area contributed by atoms with E-state index >= 15 is 0 Å². The van der Waals surface area contributed by atoms with Gasteiger partial charge in [-0.1, -0.05) is 35.8 Å². The summed E-state index contributed by atoms with van der Waals surface area (Å²) in [5.74, 6) is 1.74. The first kappa shape index (κ1) is 16.0. The summed E-state index contributed by atoms with van der Waals surface area (Å²) >= 11 is 6.10. The summed E-state index contributed by atoms with van der Waals surface area (Å²) in [5, 5.41) is 7.42. The molecule has 0 aliphatic heterocycles. The maximum Gasteiger partial charge on any atom is 0.230 e. The molecular weight excluding hydrogens is 314 g/mol. The topological polar surface area (TPSA) is 68.0 Å². The molecule has 1 aliphatic carbocycles. The SMILES string of the molecule is Cc1noc(CCNC(=O)C2(c3cccc(Cl)c3)CC(C)C2)n1. The lowest BCUT2D eigenvalue weighted by molar-refractivity contribution is -0.131. The summed E-state index contributed by atoms with van der Waals surface area (Å²) in [4.78, 5) is 16.9. The van der Waals surface area contributed by atoms with Crippen molar-refractivity contribution >= 4 is 17.5 Å². The van der Waals surface area contributed by atoms with Crippen molar-refractivity contribution in [1.29, 1.82) is 0 Å². The second-order valence-corrected chi connectivity index (χ2v) is 6.78. The van der Waals surface area contributed by atoms with Gasteiger partial charge in [-0.3, -0.25) is 4.79 Å². The van der Waals surface area contributed by atoms with Crippen molar-refractivity contribution in [3.8, 4) is 0 Å². The molecule has 0 atom stereocenters. The van der Waals surface area contributed by atoms with Gasteiger partial charge in [-0.25, -0.2) is 0 Å². The van der Waals surface area contributed by atoms with Gasteiger partial charge in [0.05, 0.1) is 5.41 Å². The van der Waals surface area contributed by atoms with E-state index in [1.165, 1.54) is 0 Å². The standard InChI is InChI=1S/C17H20ClN3O2/c1-11-9-17(10-11,13-4-3-5-14(18)8-13)16(22)19-7-6-15-20-12(2)21-23-15/h3-5,8,11H,6-7,9-10H2,1-2H3,(H,19,22). The molecule has 3 rings (SSSR count). The van der Waals surface area contributed by atoms with Gasteiger partial charge in [0.25, 0.3) is 0 Å². The average molecular weight is 334 g/mol. The smallest absolute Gasteiger partial charge is 0.230 e. The number of nitrogens with one attached hydrogen (secondary N) is 1. The van der Waals surface area contributed by atoms with Crippen LogP contribution in [0.4, 0.5) is 0 Å². The van der Waals surface area contributed by atoms with E-state index < -0.39 is 5.41 Å². The zero-order valence-corrected chi connectivity index (χ0v) is 14.1.